The van der Waals surface area contributed by atoms with Gasteiger partial charge < -0.3 is 15.5 Å². The number of amides is 2. The molecular weight excluding hydrogens is 330 g/mol. The predicted molar refractivity (Wildman–Crippen MR) is 93.4 cm³/mol. The van der Waals surface area contributed by atoms with Crippen molar-refractivity contribution in [3.8, 4) is 0 Å². The molecule has 0 aliphatic carbocycles. The second-order valence-corrected chi connectivity index (χ2v) is 6.50. The molecule has 0 aromatic carbocycles. The summed E-state index contributed by atoms with van der Waals surface area (Å²) >= 11 is 0. The fraction of sp³-hybridized carbons (Fsp3) is 0.688. The maximum absolute atomic E-state index is 12.3. The minimum atomic E-state index is -0.174. The van der Waals surface area contributed by atoms with Crippen molar-refractivity contribution in [2.24, 2.45) is 0 Å². The second kappa shape index (κ2) is 8.48. The molecule has 2 aliphatic rings. The quantitative estimate of drug-likeness (QED) is 0.825. The first-order valence-corrected chi connectivity index (χ1v) is 8.48. The number of carbonyl (C=O) groups excluding carboxylic acids is 2. The minimum absolute atomic E-state index is 0. The van der Waals surface area contributed by atoms with Crippen molar-refractivity contribution in [2.75, 3.05) is 26.2 Å². The van der Waals surface area contributed by atoms with Crippen LogP contribution in [0.25, 0.3) is 0 Å². The van der Waals surface area contributed by atoms with Crippen molar-refractivity contribution in [1.82, 2.24) is 25.3 Å². The number of piperidine rings is 1. The van der Waals surface area contributed by atoms with Crippen LogP contribution in [0.5, 0.6) is 0 Å². The number of aromatic nitrogens is 2. The number of nitrogens with one attached hydrogen (secondary N) is 2. The summed E-state index contributed by atoms with van der Waals surface area (Å²) < 4.78 is 1.88. The molecule has 3 heterocycles. The van der Waals surface area contributed by atoms with Gasteiger partial charge in [0.15, 0.2) is 0 Å². The zero-order chi connectivity index (χ0) is 16.2. The Morgan fingerprint density at radius 1 is 1.50 bits per heavy atom. The summed E-state index contributed by atoms with van der Waals surface area (Å²) in [5.74, 6) is 0.00633. The molecule has 1 aromatic heterocycles. The van der Waals surface area contributed by atoms with E-state index in [1.807, 2.05) is 22.7 Å². The zero-order valence-electron chi connectivity index (χ0n) is 14.0. The Kier molecular flexibility index (Phi) is 6.62. The number of hydrogen-bond acceptors (Lipinski definition) is 4. The van der Waals surface area contributed by atoms with Crippen LogP contribution < -0.4 is 10.6 Å². The fourth-order valence-electron chi connectivity index (χ4n) is 3.29. The van der Waals surface area contributed by atoms with Crippen molar-refractivity contribution in [3.63, 3.8) is 0 Å². The van der Waals surface area contributed by atoms with Crippen LogP contribution in [0.4, 0.5) is 0 Å². The number of rotatable bonds is 5. The molecule has 8 heteroatoms. The summed E-state index contributed by atoms with van der Waals surface area (Å²) in [4.78, 5) is 25.8. The van der Waals surface area contributed by atoms with Gasteiger partial charge in [0.25, 0.3) is 5.91 Å². The minimum Gasteiger partial charge on any atom is -0.346 e. The lowest BCUT2D eigenvalue weighted by atomic mass is 10.1. The molecule has 2 unspecified atom stereocenters. The molecule has 7 nitrogen and oxygen atoms in total. The molecular formula is C16H26ClN5O2. The third-order valence-corrected chi connectivity index (χ3v) is 4.53. The first kappa shape index (κ1) is 18.7. The average Bonchev–Trinajstić information content (AvgIpc) is 3.18. The molecule has 134 valence electrons. The van der Waals surface area contributed by atoms with Crippen LogP contribution >= 0.6 is 12.4 Å². The fourth-order valence-corrected chi connectivity index (χ4v) is 3.29. The monoisotopic (exact) mass is 355 g/mol. The molecule has 1 aromatic rings. The summed E-state index contributed by atoms with van der Waals surface area (Å²) in [5, 5.41) is 10.7. The Bertz CT molecular complexity index is 571. The average molecular weight is 356 g/mol. The standard InChI is InChI=1S/C16H25N5O2.ClH/c1-12(11-20-8-3-5-15(20)22)18-16(23)14-6-9-21(19-14)13-4-2-7-17-10-13;/h6,9,12-13,17H,2-5,7-8,10-11H2,1H3,(H,18,23);1H. The van der Waals surface area contributed by atoms with Gasteiger partial charge >= 0.3 is 0 Å². The molecule has 2 amide bonds. The molecule has 2 aliphatic heterocycles. The summed E-state index contributed by atoms with van der Waals surface area (Å²) in [5.41, 5.74) is 0.440. The van der Waals surface area contributed by atoms with Gasteiger partial charge in [0.05, 0.1) is 6.04 Å². The first-order valence-electron chi connectivity index (χ1n) is 8.48. The molecule has 3 rings (SSSR count). The van der Waals surface area contributed by atoms with E-state index in [1.54, 1.807) is 6.07 Å². The van der Waals surface area contributed by atoms with Crippen molar-refractivity contribution < 1.29 is 9.59 Å². The maximum atomic E-state index is 12.3. The summed E-state index contributed by atoms with van der Waals surface area (Å²) in [6.45, 7) is 5.24. The van der Waals surface area contributed by atoms with E-state index in [9.17, 15) is 9.59 Å². The number of halogens is 1. The van der Waals surface area contributed by atoms with E-state index in [0.717, 1.165) is 38.9 Å². The highest BCUT2D eigenvalue weighted by Gasteiger charge is 2.23. The Labute approximate surface area is 148 Å². The lowest BCUT2D eigenvalue weighted by molar-refractivity contribution is -0.127. The van der Waals surface area contributed by atoms with Gasteiger partial charge in [-0.2, -0.15) is 5.10 Å². The van der Waals surface area contributed by atoms with Crippen LogP contribution in [0.1, 0.15) is 49.1 Å². The Hall–Kier alpha value is -1.60. The summed E-state index contributed by atoms with van der Waals surface area (Å²) in [6, 6.07) is 2.01. The van der Waals surface area contributed by atoms with Gasteiger partial charge in [-0.1, -0.05) is 0 Å². The lowest BCUT2D eigenvalue weighted by Crippen LogP contribution is -2.42. The molecule has 24 heavy (non-hydrogen) atoms. The van der Waals surface area contributed by atoms with Crippen molar-refractivity contribution in [1.29, 1.82) is 0 Å². The van der Waals surface area contributed by atoms with Crippen molar-refractivity contribution in [3.05, 3.63) is 18.0 Å². The molecule has 2 atom stereocenters. The van der Waals surface area contributed by atoms with Crippen LogP contribution in [0.2, 0.25) is 0 Å². The van der Waals surface area contributed by atoms with Crippen LogP contribution in [-0.2, 0) is 4.79 Å². The van der Waals surface area contributed by atoms with E-state index >= 15 is 0 Å². The van der Waals surface area contributed by atoms with Gasteiger partial charge in [0, 0.05) is 38.3 Å². The third kappa shape index (κ3) is 4.48. The van der Waals surface area contributed by atoms with Gasteiger partial charge in [-0.05, 0) is 38.8 Å². The Morgan fingerprint density at radius 3 is 3.00 bits per heavy atom. The van der Waals surface area contributed by atoms with Crippen LogP contribution in [0.15, 0.2) is 12.3 Å². The van der Waals surface area contributed by atoms with E-state index in [-0.39, 0.29) is 30.3 Å². The second-order valence-electron chi connectivity index (χ2n) is 6.50. The van der Waals surface area contributed by atoms with E-state index in [4.69, 9.17) is 0 Å². The third-order valence-electron chi connectivity index (χ3n) is 4.53. The Morgan fingerprint density at radius 2 is 2.33 bits per heavy atom. The molecule has 2 fully saturated rings. The molecule has 2 N–H and O–H groups in total. The maximum Gasteiger partial charge on any atom is 0.272 e. The molecule has 0 bridgehead atoms. The molecule has 2 saturated heterocycles. The highest BCUT2D eigenvalue weighted by molar-refractivity contribution is 5.92. The number of nitrogens with zero attached hydrogens (tertiary/aromatic N) is 3. The molecule has 0 radical (unpaired) electrons. The van der Waals surface area contributed by atoms with E-state index in [2.05, 4.69) is 15.7 Å². The highest BCUT2D eigenvalue weighted by atomic mass is 35.5. The Balaban J connectivity index is 0.00000208. The smallest absolute Gasteiger partial charge is 0.272 e. The van der Waals surface area contributed by atoms with Gasteiger partial charge in [-0.15, -0.1) is 12.4 Å². The van der Waals surface area contributed by atoms with Crippen molar-refractivity contribution >= 4 is 24.2 Å². The van der Waals surface area contributed by atoms with Gasteiger partial charge in [-0.25, -0.2) is 0 Å². The predicted octanol–water partition coefficient (Wildman–Crippen LogP) is 0.970. The summed E-state index contributed by atoms with van der Waals surface area (Å²) in [7, 11) is 0. The molecule has 0 spiro atoms. The zero-order valence-corrected chi connectivity index (χ0v) is 14.8. The van der Waals surface area contributed by atoms with Gasteiger partial charge in [0.2, 0.25) is 5.91 Å². The normalized spacial score (nSPS) is 22.1. The van der Waals surface area contributed by atoms with Gasteiger partial charge in [0.1, 0.15) is 5.69 Å². The van der Waals surface area contributed by atoms with Crippen molar-refractivity contribution in [2.45, 2.75) is 44.7 Å². The highest BCUT2D eigenvalue weighted by Crippen LogP contribution is 2.16. The number of carbonyl (C=O) groups is 2. The van der Waals surface area contributed by atoms with E-state index < -0.39 is 0 Å². The van der Waals surface area contributed by atoms with E-state index in [0.29, 0.717) is 24.7 Å². The number of hydrogen-bond donors (Lipinski definition) is 2. The first-order chi connectivity index (χ1) is 11.1. The topological polar surface area (TPSA) is 79.3 Å². The summed E-state index contributed by atoms with van der Waals surface area (Å²) in [6.07, 6.45) is 5.64. The van der Waals surface area contributed by atoms with E-state index in [1.165, 1.54) is 0 Å². The van der Waals surface area contributed by atoms with Crippen LogP contribution in [0, 0.1) is 0 Å². The SMILES string of the molecule is CC(CN1CCCC1=O)NC(=O)c1ccn(C2CCCNC2)n1.Cl. The largest absolute Gasteiger partial charge is 0.346 e. The van der Waals surface area contributed by atoms with Gasteiger partial charge in [-0.3, -0.25) is 14.3 Å². The lowest BCUT2D eigenvalue weighted by Gasteiger charge is -2.23. The van der Waals surface area contributed by atoms with Crippen LogP contribution in [-0.4, -0.2) is 58.7 Å². The molecule has 0 saturated carbocycles. The van der Waals surface area contributed by atoms with Crippen LogP contribution in [0.3, 0.4) is 0 Å². The number of likely N-dealkylation sites (tertiary alicyclic amines) is 1.